The van der Waals surface area contributed by atoms with Gasteiger partial charge in [0.1, 0.15) is 5.75 Å². The van der Waals surface area contributed by atoms with Crippen LogP contribution in [0.3, 0.4) is 0 Å². The van der Waals surface area contributed by atoms with E-state index in [1.807, 2.05) is 0 Å². The van der Waals surface area contributed by atoms with Gasteiger partial charge in [0.05, 0.1) is 5.02 Å². The van der Waals surface area contributed by atoms with Gasteiger partial charge in [0.2, 0.25) is 0 Å². The van der Waals surface area contributed by atoms with Gasteiger partial charge < -0.3 is 9.84 Å². The number of carbonyl (C=O) groups is 1. The molecule has 0 heterocycles. The zero-order valence-corrected chi connectivity index (χ0v) is 12.9. The number of halogens is 3. The first-order chi connectivity index (χ1) is 9.97. The minimum atomic E-state index is -1.12. The van der Waals surface area contributed by atoms with Crippen LogP contribution in [-0.4, -0.2) is 11.1 Å². The summed E-state index contributed by atoms with van der Waals surface area (Å²) in [4.78, 5) is 10.6. The maximum atomic E-state index is 13.7. The lowest BCUT2D eigenvalue weighted by molar-refractivity contribution is -0.131. The molecule has 3 nitrogen and oxygen atoms in total. The summed E-state index contributed by atoms with van der Waals surface area (Å²) in [6, 6.07) is 9.08. The van der Waals surface area contributed by atoms with Gasteiger partial charge in [-0.15, -0.1) is 0 Å². The number of benzene rings is 2. The summed E-state index contributed by atoms with van der Waals surface area (Å²) in [6.45, 7) is 0. The molecule has 0 unspecified atom stereocenters. The molecule has 0 aromatic heterocycles. The fraction of sp³-hybridized carbons (Fsp3) is 0. The quantitative estimate of drug-likeness (QED) is 0.758. The van der Waals surface area contributed by atoms with Crippen LogP contribution < -0.4 is 4.74 Å². The molecule has 0 atom stereocenters. The Morgan fingerprint density at radius 1 is 1.29 bits per heavy atom. The van der Waals surface area contributed by atoms with Crippen molar-refractivity contribution in [2.24, 2.45) is 0 Å². The minimum absolute atomic E-state index is 0.0108. The Hall–Kier alpha value is -1.85. The first-order valence-electron chi connectivity index (χ1n) is 5.80. The Kier molecular flexibility index (Phi) is 4.98. The molecule has 21 heavy (non-hydrogen) atoms. The highest BCUT2D eigenvalue weighted by molar-refractivity contribution is 9.10. The third-order valence-electron chi connectivity index (χ3n) is 2.52. The summed E-state index contributed by atoms with van der Waals surface area (Å²) in [7, 11) is 0. The van der Waals surface area contributed by atoms with Gasteiger partial charge in [-0.2, -0.15) is 0 Å². The van der Waals surface area contributed by atoms with Crippen LogP contribution in [0.25, 0.3) is 6.08 Å². The predicted octanol–water partition coefficient (Wildman–Crippen LogP) is 5.13. The van der Waals surface area contributed by atoms with Crippen LogP contribution in [-0.2, 0) is 4.79 Å². The molecule has 6 heteroatoms. The standard InChI is InChI=1S/C15H9BrClFO3/c16-9-4-6-12(18)14(8-9)21-13-3-1-2-11(17)10(13)5-7-15(19)20/h1-8H,(H,19,20)/b7-5+. The highest BCUT2D eigenvalue weighted by Gasteiger charge is 2.10. The first-order valence-corrected chi connectivity index (χ1v) is 6.97. The lowest BCUT2D eigenvalue weighted by Crippen LogP contribution is -1.92. The molecule has 0 amide bonds. The van der Waals surface area contributed by atoms with E-state index in [9.17, 15) is 9.18 Å². The van der Waals surface area contributed by atoms with Gasteiger partial charge in [0.25, 0.3) is 0 Å². The van der Waals surface area contributed by atoms with Crippen molar-refractivity contribution in [3.8, 4) is 11.5 Å². The van der Waals surface area contributed by atoms with Gasteiger partial charge in [-0.25, -0.2) is 9.18 Å². The summed E-state index contributed by atoms with van der Waals surface area (Å²) >= 11 is 9.25. The van der Waals surface area contributed by atoms with E-state index in [1.54, 1.807) is 24.3 Å². The molecule has 0 fully saturated rings. The number of hydrogen-bond acceptors (Lipinski definition) is 2. The highest BCUT2D eigenvalue weighted by Crippen LogP contribution is 2.33. The minimum Gasteiger partial charge on any atom is -0.478 e. The van der Waals surface area contributed by atoms with E-state index >= 15 is 0 Å². The highest BCUT2D eigenvalue weighted by atomic mass is 79.9. The van der Waals surface area contributed by atoms with Crippen LogP contribution in [0.5, 0.6) is 11.5 Å². The third-order valence-corrected chi connectivity index (χ3v) is 3.34. The Balaban J connectivity index is 2.42. The van der Waals surface area contributed by atoms with Crippen molar-refractivity contribution >= 4 is 39.6 Å². The third kappa shape index (κ3) is 4.06. The number of aliphatic carboxylic acids is 1. The van der Waals surface area contributed by atoms with E-state index in [4.69, 9.17) is 21.4 Å². The average molecular weight is 372 g/mol. The summed E-state index contributed by atoms with van der Waals surface area (Å²) < 4.78 is 19.9. The van der Waals surface area contributed by atoms with Gasteiger partial charge in [-0.05, 0) is 36.4 Å². The van der Waals surface area contributed by atoms with Crippen LogP contribution >= 0.6 is 27.5 Å². The fourth-order valence-electron chi connectivity index (χ4n) is 1.60. The molecular weight excluding hydrogens is 363 g/mol. The van der Waals surface area contributed by atoms with Crippen LogP contribution in [0.15, 0.2) is 46.9 Å². The molecule has 0 bridgehead atoms. The van der Waals surface area contributed by atoms with Crippen molar-refractivity contribution in [1.29, 1.82) is 0 Å². The van der Waals surface area contributed by atoms with E-state index in [0.29, 0.717) is 15.1 Å². The summed E-state index contributed by atoms with van der Waals surface area (Å²) in [5.41, 5.74) is 0.362. The second kappa shape index (κ2) is 6.74. The zero-order chi connectivity index (χ0) is 15.4. The summed E-state index contributed by atoms with van der Waals surface area (Å²) in [6.07, 6.45) is 2.24. The van der Waals surface area contributed by atoms with Crippen molar-refractivity contribution in [2.45, 2.75) is 0 Å². The predicted molar refractivity (Wildman–Crippen MR) is 82.3 cm³/mol. The summed E-state index contributed by atoms with van der Waals surface area (Å²) in [5, 5.41) is 9.00. The molecule has 0 aliphatic carbocycles. The lowest BCUT2D eigenvalue weighted by atomic mass is 10.2. The Morgan fingerprint density at radius 2 is 2.05 bits per heavy atom. The number of ether oxygens (including phenoxy) is 1. The van der Waals surface area contributed by atoms with Crippen LogP contribution in [0, 0.1) is 5.82 Å². The van der Waals surface area contributed by atoms with Crippen molar-refractivity contribution in [1.82, 2.24) is 0 Å². The van der Waals surface area contributed by atoms with E-state index in [1.165, 1.54) is 18.2 Å². The van der Waals surface area contributed by atoms with E-state index < -0.39 is 11.8 Å². The summed E-state index contributed by atoms with van der Waals surface area (Å²) in [5.74, 6) is -1.38. The smallest absolute Gasteiger partial charge is 0.328 e. The van der Waals surface area contributed by atoms with Gasteiger partial charge in [-0.3, -0.25) is 0 Å². The molecule has 0 saturated carbocycles. The number of hydrogen-bond donors (Lipinski definition) is 1. The van der Waals surface area contributed by atoms with Gasteiger partial charge in [0.15, 0.2) is 11.6 Å². The Morgan fingerprint density at radius 3 is 2.76 bits per heavy atom. The molecule has 0 aliphatic heterocycles. The van der Waals surface area contributed by atoms with Crippen molar-refractivity contribution < 1.29 is 19.0 Å². The van der Waals surface area contributed by atoms with Crippen molar-refractivity contribution in [2.75, 3.05) is 0 Å². The largest absolute Gasteiger partial charge is 0.478 e. The van der Waals surface area contributed by atoms with Crippen LogP contribution in [0.4, 0.5) is 4.39 Å². The number of carboxylic acids is 1. The second-order valence-electron chi connectivity index (χ2n) is 4.00. The Labute approximate surface area is 133 Å². The number of rotatable bonds is 4. The molecule has 1 N–H and O–H groups in total. The molecule has 2 aromatic carbocycles. The maximum Gasteiger partial charge on any atom is 0.328 e. The lowest BCUT2D eigenvalue weighted by Gasteiger charge is -2.11. The van der Waals surface area contributed by atoms with Crippen molar-refractivity contribution in [3.63, 3.8) is 0 Å². The zero-order valence-electron chi connectivity index (χ0n) is 10.5. The SMILES string of the molecule is O=C(O)/C=C/c1c(Cl)cccc1Oc1cc(Br)ccc1F. The molecule has 2 aromatic rings. The molecule has 108 valence electrons. The normalized spacial score (nSPS) is 10.8. The fourth-order valence-corrected chi connectivity index (χ4v) is 2.17. The van der Waals surface area contributed by atoms with E-state index in [-0.39, 0.29) is 11.5 Å². The average Bonchev–Trinajstić information content (AvgIpc) is 2.42. The van der Waals surface area contributed by atoms with Gasteiger partial charge in [0, 0.05) is 16.1 Å². The second-order valence-corrected chi connectivity index (χ2v) is 5.32. The number of carboxylic acid groups (broad SMARTS) is 1. The van der Waals surface area contributed by atoms with E-state index in [0.717, 1.165) is 6.08 Å². The van der Waals surface area contributed by atoms with Gasteiger partial charge >= 0.3 is 5.97 Å². The molecule has 2 rings (SSSR count). The van der Waals surface area contributed by atoms with Crippen molar-refractivity contribution in [3.05, 3.63) is 63.4 Å². The maximum absolute atomic E-state index is 13.7. The van der Waals surface area contributed by atoms with Crippen LogP contribution in [0.1, 0.15) is 5.56 Å². The monoisotopic (exact) mass is 370 g/mol. The van der Waals surface area contributed by atoms with E-state index in [2.05, 4.69) is 15.9 Å². The van der Waals surface area contributed by atoms with Gasteiger partial charge in [-0.1, -0.05) is 33.6 Å². The molecule has 0 radical (unpaired) electrons. The Bertz CT molecular complexity index is 716. The topological polar surface area (TPSA) is 46.5 Å². The first kappa shape index (κ1) is 15.5. The molecule has 0 saturated heterocycles. The van der Waals surface area contributed by atoms with Crippen LogP contribution in [0.2, 0.25) is 5.02 Å². The molecule has 0 aliphatic rings. The molecule has 0 spiro atoms. The molecular formula is C15H9BrClFO3.